The highest BCUT2D eigenvalue weighted by Gasteiger charge is 2.50. The molecule has 2 aliphatic rings. The molecule has 1 atom stereocenters. The van der Waals surface area contributed by atoms with Crippen molar-refractivity contribution in [1.82, 2.24) is 20.5 Å². The fraction of sp³-hybridized carbons (Fsp3) is 0.143. The van der Waals surface area contributed by atoms with E-state index < -0.39 is 17.5 Å². The number of rotatable bonds is 6. The fourth-order valence-electron chi connectivity index (χ4n) is 4.98. The van der Waals surface area contributed by atoms with Gasteiger partial charge in [0, 0.05) is 23.1 Å². The first kappa shape index (κ1) is 23.7. The van der Waals surface area contributed by atoms with E-state index in [-0.39, 0.29) is 12.5 Å². The lowest BCUT2D eigenvalue weighted by atomic mass is 9.88. The number of thiazole rings is 1. The lowest BCUT2D eigenvalue weighted by Crippen LogP contribution is -2.52. The summed E-state index contributed by atoms with van der Waals surface area (Å²) in [6.45, 7) is 0.323. The molecule has 0 unspecified atom stereocenters. The Morgan fingerprint density at radius 2 is 1.68 bits per heavy atom. The van der Waals surface area contributed by atoms with Crippen molar-refractivity contribution in [2.24, 2.45) is 0 Å². The highest BCUT2D eigenvalue weighted by Crippen LogP contribution is 2.34. The number of anilines is 1. The second kappa shape index (κ2) is 9.00. The molecule has 38 heavy (non-hydrogen) atoms. The van der Waals surface area contributed by atoms with Crippen molar-refractivity contribution in [2.45, 2.75) is 12.1 Å². The van der Waals surface area contributed by atoms with Crippen LogP contribution < -0.4 is 21.1 Å². The predicted octanol–water partition coefficient (Wildman–Crippen LogP) is 3.76. The summed E-state index contributed by atoms with van der Waals surface area (Å²) in [4.78, 5) is 44.5. The lowest BCUT2D eigenvalue weighted by Gasteiger charge is -2.31. The van der Waals surface area contributed by atoms with Gasteiger partial charge in [0.1, 0.15) is 5.75 Å². The van der Waals surface area contributed by atoms with Gasteiger partial charge >= 0.3 is 6.03 Å². The molecule has 6 rings (SSSR count). The van der Waals surface area contributed by atoms with Crippen molar-refractivity contribution >= 4 is 34.3 Å². The largest absolute Gasteiger partial charge is 0.497 e. The minimum atomic E-state index is -1.41. The number of aromatic nitrogens is 1. The van der Waals surface area contributed by atoms with Crippen LogP contribution in [0.4, 0.5) is 9.93 Å². The van der Waals surface area contributed by atoms with E-state index in [0.29, 0.717) is 28.6 Å². The van der Waals surface area contributed by atoms with Crippen LogP contribution in [0, 0.1) is 0 Å². The zero-order chi connectivity index (χ0) is 26.4. The molecule has 1 aromatic heterocycles. The summed E-state index contributed by atoms with van der Waals surface area (Å²) in [6.07, 6.45) is 0. The van der Waals surface area contributed by atoms with E-state index in [0.717, 1.165) is 27.9 Å². The number of amides is 4. The Balaban J connectivity index is 1.28. The molecule has 3 aromatic carbocycles. The molecule has 4 aromatic rings. The maximum absolute atomic E-state index is 13.2. The van der Waals surface area contributed by atoms with Crippen molar-refractivity contribution in [3.8, 4) is 28.1 Å². The molecule has 0 radical (unpaired) electrons. The maximum atomic E-state index is 13.2. The van der Waals surface area contributed by atoms with Gasteiger partial charge in [0.2, 0.25) is 0 Å². The van der Waals surface area contributed by atoms with Crippen molar-refractivity contribution in [1.29, 1.82) is 0 Å². The summed E-state index contributed by atoms with van der Waals surface area (Å²) in [5.74, 6) is -0.130. The van der Waals surface area contributed by atoms with Gasteiger partial charge < -0.3 is 20.7 Å². The van der Waals surface area contributed by atoms with Gasteiger partial charge in [0.05, 0.1) is 19.3 Å². The van der Waals surface area contributed by atoms with Gasteiger partial charge in [-0.15, -0.1) is 11.3 Å². The standard InChI is InChI=1S/C28H23N5O4S/c1-37-21-11-8-19-13-33(24(34)22(19)12-21)15-28(25(35)31-27(36)32-28)20-9-6-17(7-10-20)16-2-4-18(5-3-16)23-14-38-26(29)30-23/h2-12,14H,13,15H2,1H3,(H2,29,30)(H2,31,32,35,36)/t28-/m1/s1. The highest BCUT2D eigenvalue weighted by atomic mass is 32.1. The number of urea groups is 1. The lowest BCUT2D eigenvalue weighted by molar-refractivity contribution is -0.124. The minimum Gasteiger partial charge on any atom is -0.497 e. The molecule has 1 fully saturated rings. The average molecular weight is 526 g/mol. The van der Waals surface area contributed by atoms with Gasteiger partial charge in [-0.2, -0.15) is 0 Å². The summed E-state index contributed by atoms with van der Waals surface area (Å²) in [6, 6.07) is 20.1. The first-order chi connectivity index (χ1) is 18.4. The van der Waals surface area contributed by atoms with Gasteiger partial charge in [0.15, 0.2) is 10.7 Å². The average Bonchev–Trinajstić information content (AvgIpc) is 3.59. The van der Waals surface area contributed by atoms with Gasteiger partial charge in [-0.1, -0.05) is 54.6 Å². The molecule has 10 heteroatoms. The number of carbonyl (C=O) groups excluding carboxylic acids is 3. The second-order valence-electron chi connectivity index (χ2n) is 9.22. The van der Waals surface area contributed by atoms with E-state index in [9.17, 15) is 14.4 Å². The van der Waals surface area contributed by atoms with E-state index in [1.165, 1.54) is 11.3 Å². The number of hydrogen-bond acceptors (Lipinski definition) is 7. The van der Waals surface area contributed by atoms with Gasteiger partial charge in [0.25, 0.3) is 11.8 Å². The molecule has 0 bridgehead atoms. The van der Waals surface area contributed by atoms with Crippen LogP contribution in [0.15, 0.2) is 72.1 Å². The number of nitrogens with zero attached hydrogens (tertiary/aromatic N) is 2. The number of imide groups is 1. The van der Waals surface area contributed by atoms with E-state index in [2.05, 4.69) is 15.6 Å². The molecule has 0 aliphatic carbocycles. The van der Waals surface area contributed by atoms with Crippen LogP contribution >= 0.6 is 11.3 Å². The Bertz CT molecular complexity index is 1580. The van der Waals surface area contributed by atoms with Gasteiger partial charge in [-0.3, -0.25) is 14.9 Å². The first-order valence-electron chi connectivity index (χ1n) is 11.9. The highest BCUT2D eigenvalue weighted by molar-refractivity contribution is 7.13. The van der Waals surface area contributed by atoms with Crippen LogP contribution in [0.3, 0.4) is 0 Å². The number of fused-ring (bicyclic) bond motifs is 1. The predicted molar refractivity (Wildman–Crippen MR) is 143 cm³/mol. The second-order valence-corrected chi connectivity index (χ2v) is 10.1. The van der Waals surface area contributed by atoms with E-state index in [1.807, 2.05) is 60.0 Å². The normalized spacial score (nSPS) is 18.3. The molecular formula is C28H23N5O4S. The number of hydrogen-bond donors (Lipinski definition) is 3. The molecule has 9 nitrogen and oxygen atoms in total. The fourth-order valence-corrected chi connectivity index (χ4v) is 5.55. The summed E-state index contributed by atoms with van der Waals surface area (Å²) < 4.78 is 5.25. The molecule has 4 amide bonds. The van der Waals surface area contributed by atoms with Crippen LogP contribution in [0.1, 0.15) is 21.5 Å². The van der Waals surface area contributed by atoms with E-state index >= 15 is 0 Å². The van der Waals surface area contributed by atoms with Crippen molar-refractivity contribution in [3.05, 3.63) is 88.8 Å². The van der Waals surface area contributed by atoms with Crippen LogP contribution in [-0.4, -0.2) is 41.4 Å². The van der Waals surface area contributed by atoms with Gasteiger partial charge in [-0.25, -0.2) is 9.78 Å². The van der Waals surface area contributed by atoms with Crippen molar-refractivity contribution in [2.75, 3.05) is 19.4 Å². The quantitative estimate of drug-likeness (QED) is 0.329. The summed E-state index contributed by atoms with van der Waals surface area (Å²) in [7, 11) is 1.54. The van der Waals surface area contributed by atoms with Crippen LogP contribution in [-0.2, 0) is 16.9 Å². The Kier molecular flexibility index (Phi) is 5.61. The van der Waals surface area contributed by atoms with Crippen molar-refractivity contribution < 1.29 is 19.1 Å². The Labute approximate surface area is 222 Å². The molecule has 3 heterocycles. The number of nitrogen functional groups attached to an aromatic ring is 1. The van der Waals surface area contributed by atoms with Crippen LogP contribution in [0.5, 0.6) is 5.75 Å². The molecule has 1 saturated heterocycles. The number of ether oxygens (including phenoxy) is 1. The third-order valence-electron chi connectivity index (χ3n) is 6.98. The Morgan fingerprint density at radius 3 is 2.29 bits per heavy atom. The number of benzene rings is 3. The zero-order valence-corrected chi connectivity index (χ0v) is 21.2. The Morgan fingerprint density at radius 1 is 1.00 bits per heavy atom. The first-order valence-corrected chi connectivity index (χ1v) is 12.8. The smallest absolute Gasteiger partial charge is 0.322 e. The zero-order valence-electron chi connectivity index (χ0n) is 20.4. The molecule has 2 aliphatic heterocycles. The SMILES string of the molecule is COc1ccc2c(c1)C(=O)N(C[C@]1(c3ccc(-c4ccc(-c5csc(N)n5)cc4)cc3)NC(=O)NC1=O)C2. The summed E-state index contributed by atoms with van der Waals surface area (Å²) in [5.41, 5.74) is 10.0. The van der Waals surface area contributed by atoms with Crippen molar-refractivity contribution in [3.63, 3.8) is 0 Å². The van der Waals surface area contributed by atoms with E-state index in [1.54, 1.807) is 24.1 Å². The number of carbonyl (C=O) groups is 3. The van der Waals surface area contributed by atoms with Crippen LogP contribution in [0.2, 0.25) is 0 Å². The number of nitrogens with two attached hydrogens (primary N) is 1. The third-order valence-corrected chi connectivity index (χ3v) is 7.65. The minimum absolute atomic E-state index is 0.00871. The maximum Gasteiger partial charge on any atom is 0.322 e. The van der Waals surface area contributed by atoms with E-state index in [4.69, 9.17) is 10.5 Å². The van der Waals surface area contributed by atoms with Crippen LogP contribution in [0.25, 0.3) is 22.4 Å². The molecule has 4 N–H and O–H groups in total. The molecule has 190 valence electrons. The number of nitrogens with one attached hydrogen (secondary N) is 2. The Hall–Kier alpha value is -4.70. The summed E-state index contributed by atoms with van der Waals surface area (Å²) in [5, 5.41) is 7.57. The molecule has 0 spiro atoms. The third kappa shape index (κ3) is 3.95. The molecule has 0 saturated carbocycles. The summed E-state index contributed by atoms with van der Waals surface area (Å²) >= 11 is 1.40. The van der Waals surface area contributed by atoms with Gasteiger partial charge in [-0.05, 0) is 34.4 Å². The monoisotopic (exact) mass is 525 g/mol. The number of methoxy groups -OCH3 is 1. The topological polar surface area (TPSA) is 127 Å². The molecular weight excluding hydrogens is 502 g/mol.